The number of benzene rings is 3. The van der Waals surface area contributed by atoms with E-state index < -0.39 is 6.04 Å². The monoisotopic (exact) mass is 386 g/mol. The molecule has 3 aromatic carbocycles. The molecule has 2 amide bonds. The van der Waals surface area contributed by atoms with Gasteiger partial charge in [-0.15, -0.1) is 0 Å². The molecule has 1 fully saturated rings. The minimum atomic E-state index is -0.657. The number of nitrogens with zero attached hydrogens (tertiary/aromatic N) is 1. The summed E-state index contributed by atoms with van der Waals surface area (Å²) >= 11 is 0. The van der Waals surface area contributed by atoms with E-state index in [4.69, 9.17) is 4.74 Å². The second-order valence-electron chi connectivity index (χ2n) is 6.91. The highest BCUT2D eigenvalue weighted by molar-refractivity contribution is 5.99. The molecule has 1 aliphatic heterocycles. The average molecular weight is 386 g/mol. The lowest BCUT2D eigenvalue weighted by atomic mass is 10.00. The van der Waals surface area contributed by atoms with Crippen molar-refractivity contribution in [3.63, 3.8) is 0 Å². The smallest absolute Gasteiger partial charge is 0.254 e. The molecule has 1 atom stereocenters. The molecule has 29 heavy (non-hydrogen) atoms. The topological polar surface area (TPSA) is 58.6 Å². The van der Waals surface area contributed by atoms with Crippen LogP contribution in [0.5, 0.6) is 5.75 Å². The summed E-state index contributed by atoms with van der Waals surface area (Å²) in [7, 11) is 1.59. The number of carbonyl (C=O) groups excluding carboxylic acids is 2. The Morgan fingerprint density at radius 1 is 0.931 bits per heavy atom. The number of rotatable bonds is 4. The van der Waals surface area contributed by atoms with Crippen molar-refractivity contribution in [2.24, 2.45) is 0 Å². The maximum atomic E-state index is 13.2. The van der Waals surface area contributed by atoms with Gasteiger partial charge in [0.2, 0.25) is 5.91 Å². The van der Waals surface area contributed by atoms with Gasteiger partial charge in [0.25, 0.3) is 5.91 Å². The molecule has 0 aromatic heterocycles. The predicted octanol–water partition coefficient (Wildman–Crippen LogP) is 3.68. The molecule has 4 rings (SSSR count). The zero-order valence-corrected chi connectivity index (χ0v) is 16.2. The Labute approximate surface area is 169 Å². The van der Waals surface area contributed by atoms with Crippen molar-refractivity contribution in [2.45, 2.75) is 6.04 Å². The first-order valence-corrected chi connectivity index (χ1v) is 9.55. The van der Waals surface area contributed by atoms with E-state index >= 15 is 0 Å². The molecule has 1 saturated heterocycles. The molecule has 0 saturated carbocycles. The maximum absolute atomic E-state index is 13.2. The first kappa shape index (κ1) is 18.7. The van der Waals surface area contributed by atoms with Gasteiger partial charge in [-0.05, 0) is 41.0 Å². The van der Waals surface area contributed by atoms with E-state index in [9.17, 15) is 9.59 Å². The molecule has 146 valence electrons. The minimum Gasteiger partial charge on any atom is -0.497 e. The second-order valence-corrected chi connectivity index (χ2v) is 6.91. The van der Waals surface area contributed by atoms with E-state index in [0.29, 0.717) is 24.4 Å². The van der Waals surface area contributed by atoms with Gasteiger partial charge < -0.3 is 15.0 Å². The van der Waals surface area contributed by atoms with Gasteiger partial charge in [0.15, 0.2) is 0 Å². The summed E-state index contributed by atoms with van der Waals surface area (Å²) in [6.45, 7) is 0.904. The van der Waals surface area contributed by atoms with Gasteiger partial charge >= 0.3 is 0 Å². The number of hydrogen-bond acceptors (Lipinski definition) is 3. The fourth-order valence-corrected chi connectivity index (χ4v) is 3.60. The molecule has 1 aliphatic rings. The quantitative estimate of drug-likeness (QED) is 0.744. The highest BCUT2D eigenvalue weighted by atomic mass is 16.5. The number of nitrogens with one attached hydrogen (secondary N) is 1. The van der Waals surface area contributed by atoms with E-state index in [1.165, 1.54) is 0 Å². The van der Waals surface area contributed by atoms with Crippen molar-refractivity contribution in [3.8, 4) is 16.9 Å². The van der Waals surface area contributed by atoms with Crippen LogP contribution >= 0.6 is 0 Å². The van der Waals surface area contributed by atoms with Crippen LogP contribution in [0.3, 0.4) is 0 Å². The SMILES string of the molecule is COc1ccc(C2C(=O)NCCN2C(=O)c2ccc(-c3ccccc3)cc2)cc1. The molecule has 0 radical (unpaired) electrons. The van der Waals surface area contributed by atoms with Crippen LogP contribution < -0.4 is 10.1 Å². The standard InChI is InChI=1S/C24H22N2O3/c1-29-21-13-11-19(12-14-21)22-23(27)25-15-16-26(22)24(28)20-9-7-18(8-10-20)17-5-3-2-4-6-17/h2-14,22H,15-16H2,1H3,(H,25,27). The number of carbonyl (C=O) groups is 2. The Morgan fingerprint density at radius 2 is 1.59 bits per heavy atom. The summed E-state index contributed by atoms with van der Waals surface area (Å²) in [5.74, 6) is 0.385. The fraction of sp³-hybridized carbons (Fsp3) is 0.167. The lowest BCUT2D eigenvalue weighted by molar-refractivity contribution is -0.128. The highest BCUT2D eigenvalue weighted by Gasteiger charge is 2.34. The highest BCUT2D eigenvalue weighted by Crippen LogP contribution is 2.27. The Hall–Kier alpha value is -3.60. The zero-order valence-electron chi connectivity index (χ0n) is 16.2. The third kappa shape index (κ3) is 3.85. The largest absolute Gasteiger partial charge is 0.497 e. The zero-order chi connectivity index (χ0) is 20.2. The molecule has 0 spiro atoms. The fourth-order valence-electron chi connectivity index (χ4n) is 3.60. The Morgan fingerprint density at radius 3 is 2.24 bits per heavy atom. The number of amides is 2. The van der Waals surface area contributed by atoms with Gasteiger partial charge in [-0.25, -0.2) is 0 Å². The van der Waals surface area contributed by atoms with Crippen molar-refractivity contribution < 1.29 is 14.3 Å². The van der Waals surface area contributed by atoms with E-state index in [0.717, 1.165) is 16.7 Å². The third-order valence-electron chi connectivity index (χ3n) is 5.14. The molecule has 1 heterocycles. The van der Waals surface area contributed by atoms with Gasteiger partial charge in [-0.3, -0.25) is 9.59 Å². The van der Waals surface area contributed by atoms with Crippen LogP contribution in [0.1, 0.15) is 22.0 Å². The van der Waals surface area contributed by atoms with Crippen LogP contribution in [0, 0.1) is 0 Å². The van der Waals surface area contributed by atoms with Crippen LogP contribution in [-0.2, 0) is 4.79 Å². The van der Waals surface area contributed by atoms with Gasteiger partial charge in [-0.1, -0.05) is 54.6 Å². The van der Waals surface area contributed by atoms with E-state index in [1.807, 2.05) is 66.7 Å². The number of ether oxygens (including phenoxy) is 1. The lowest BCUT2D eigenvalue weighted by Gasteiger charge is -2.35. The molecule has 1 N–H and O–H groups in total. The number of methoxy groups -OCH3 is 1. The van der Waals surface area contributed by atoms with Crippen LogP contribution in [-0.4, -0.2) is 36.9 Å². The van der Waals surface area contributed by atoms with E-state index in [-0.39, 0.29) is 11.8 Å². The summed E-state index contributed by atoms with van der Waals surface area (Å²) in [5, 5.41) is 2.86. The molecule has 0 bridgehead atoms. The van der Waals surface area contributed by atoms with Gasteiger partial charge in [0, 0.05) is 18.7 Å². The molecule has 0 aliphatic carbocycles. The van der Waals surface area contributed by atoms with Crippen LogP contribution in [0.4, 0.5) is 0 Å². The summed E-state index contributed by atoms with van der Waals surface area (Å²) in [5.41, 5.74) is 3.47. The Bertz CT molecular complexity index is 999. The van der Waals surface area contributed by atoms with Crippen molar-refractivity contribution in [1.29, 1.82) is 0 Å². The van der Waals surface area contributed by atoms with E-state index in [1.54, 1.807) is 24.1 Å². The molecular weight excluding hydrogens is 364 g/mol. The van der Waals surface area contributed by atoms with Crippen molar-refractivity contribution in [1.82, 2.24) is 10.2 Å². The molecule has 1 unspecified atom stereocenters. The van der Waals surface area contributed by atoms with Crippen molar-refractivity contribution >= 4 is 11.8 Å². The molecule has 5 nitrogen and oxygen atoms in total. The Balaban J connectivity index is 1.60. The summed E-state index contributed by atoms with van der Waals surface area (Å²) in [4.78, 5) is 27.5. The minimum absolute atomic E-state index is 0.153. The Kier molecular flexibility index (Phi) is 5.29. The van der Waals surface area contributed by atoms with Crippen LogP contribution in [0.15, 0.2) is 78.9 Å². The third-order valence-corrected chi connectivity index (χ3v) is 5.14. The number of hydrogen-bond donors (Lipinski definition) is 1. The van der Waals surface area contributed by atoms with Crippen molar-refractivity contribution in [2.75, 3.05) is 20.2 Å². The average Bonchev–Trinajstić information content (AvgIpc) is 2.79. The first-order valence-electron chi connectivity index (χ1n) is 9.55. The molecular formula is C24H22N2O3. The lowest BCUT2D eigenvalue weighted by Crippen LogP contribution is -2.52. The summed E-state index contributed by atoms with van der Waals surface area (Å²) in [6, 6.07) is 24.1. The second kappa shape index (κ2) is 8.19. The summed E-state index contributed by atoms with van der Waals surface area (Å²) < 4.78 is 5.19. The van der Waals surface area contributed by atoms with Crippen molar-refractivity contribution in [3.05, 3.63) is 90.0 Å². The first-order chi connectivity index (χ1) is 14.2. The van der Waals surface area contributed by atoms with Gasteiger partial charge in [0.1, 0.15) is 11.8 Å². The summed E-state index contributed by atoms with van der Waals surface area (Å²) in [6.07, 6.45) is 0. The molecule has 5 heteroatoms. The maximum Gasteiger partial charge on any atom is 0.254 e. The number of piperazine rings is 1. The van der Waals surface area contributed by atoms with Crippen LogP contribution in [0.25, 0.3) is 11.1 Å². The molecule has 3 aromatic rings. The van der Waals surface area contributed by atoms with Gasteiger partial charge in [0.05, 0.1) is 7.11 Å². The van der Waals surface area contributed by atoms with E-state index in [2.05, 4.69) is 5.32 Å². The van der Waals surface area contributed by atoms with Gasteiger partial charge in [-0.2, -0.15) is 0 Å². The van der Waals surface area contributed by atoms with Crippen LogP contribution in [0.2, 0.25) is 0 Å². The predicted molar refractivity (Wildman–Crippen MR) is 112 cm³/mol. The normalized spacial score (nSPS) is 16.2.